The molecular formula is C50H69N9O6S. The van der Waals surface area contributed by atoms with Gasteiger partial charge in [0.05, 0.1) is 65.9 Å². The lowest BCUT2D eigenvalue weighted by Gasteiger charge is -2.38. The van der Waals surface area contributed by atoms with Crippen LogP contribution in [0.2, 0.25) is 0 Å². The zero-order valence-corrected chi connectivity index (χ0v) is 40.1. The number of carbonyl (C=O) groups excluding carboxylic acids is 1. The van der Waals surface area contributed by atoms with Crippen LogP contribution in [0.3, 0.4) is 0 Å². The van der Waals surface area contributed by atoms with Crippen molar-refractivity contribution in [1.29, 1.82) is 0 Å². The van der Waals surface area contributed by atoms with E-state index < -0.39 is 24.7 Å². The first-order valence-corrected chi connectivity index (χ1v) is 24.7. The molecule has 3 aromatic heterocycles. The summed E-state index contributed by atoms with van der Waals surface area (Å²) in [4.78, 5) is 34.6. The Labute approximate surface area is 393 Å². The number of likely N-dealkylation sites (tertiary alicyclic amines) is 1. The minimum absolute atomic E-state index is 0.0643. The number of likely N-dealkylation sites (N-methyl/N-ethyl adjacent to an activating group) is 1. The number of H-pyrrole nitrogens is 2. The monoisotopic (exact) mass is 924 g/mol. The summed E-state index contributed by atoms with van der Waals surface area (Å²) in [6, 6.07) is 13.9. The Hall–Kier alpha value is -4.26. The summed E-state index contributed by atoms with van der Waals surface area (Å²) < 4.78 is 14.6. The predicted octanol–water partition coefficient (Wildman–Crippen LogP) is 7.33. The van der Waals surface area contributed by atoms with Gasteiger partial charge in [0.1, 0.15) is 23.6 Å². The van der Waals surface area contributed by atoms with Crippen LogP contribution in [0.1, 0.15) is 116 Å². The summed E-state index contributed by atoms with van der Waals surface area (Å²) >= 11 is 4.68. The van der Waals surface area contributed by atoms with E-state index in [0.717, 1.165) is 88.5 Å². The fourth-order valence-electron chi connectivity index (χ4n) is 11.1. The van der Waals surface area contributed by atoms with E-state index in [1.807, 2.05) is 33.2 Å². The Morgan fingerprint density at radius 1 is 0.985 bits per heavy atom. The van der Waals surface area contributed by atoms with Gasteiger partial charge < -0.3 is 44.2 Å². The van der Waals surface area contributed by atoms with Crippen LogP contribution in [0.5, 0.6) is 5.75 Å². The number of carbonyl (C=O) groups is 1. The van der Waals surface area contributed by atoms with E-state index in [0.29, 0.717) is 29.5 Å². The summed E-state index contributed by atoms with van der Waals surface area (Å²) in [7, 11) is 1.39. The van der Waals surface area contributed by atoms with Crippen molar-refractivity contribution in [2.24, 2.45) is 23.2 Å². The summed E-state index contributed by atoms with van der Waals surface area (Å²) in [5.41, 5.74) is 7.57. The number of nitrogens with zero attached hydrogens (tertiary/aromatic N) is 5. The van der Waals surface area contributed by atoms with E-state index in [9.17, 15) is 20.1 Å². The lowest BCUT2D eigenvalue weighted by molar-refractivity contribution is -0.145. The highest BCUT2D eigenvalue weighted by Gasteiger charge is 2.47. The zero-order chi connectivity index (χ0) is 46.4. The molecule has 7 atom stereocenters. The number of hydrogen-bond acceptors (Lipinski definition) is 12. The van der Waals surface area contributed by atoms with Crippen molar-refractivity contribution in [2.45, 2.75) is 129 Å². The van der Waals surface area contributed by atoms with E-state index in [-0.39, 0.29) is 42.8 Å². The van der Waals surface area contributed by atoms with Crippen LogP contribution in [0.25, 0.3) is 44.7 Å². The van der Waals surface area contributed by atoms with Gasteiger partial charge in [-0.25, -0.2) is 9.97 Å². The van der Waals surface area contributed by atoms with Crippen molar-refractivity contribution in [3.8, 4) is 39.5 Å². The molecule has 5 aromatic rings. The molecule has 0 radical (unpaired) electrons. The molecule has 3 fully saturated rings. The van der Waals surface area contributed by atoms with E-state index in [1.54, 1.807) is 4.90 Å². The number of methoxy groups -OCH3 is 1. The first-order valence-electron chi connectivity index (χ1n) is 24.1. The number of nitrogens with one attached hydrogen (secondary N) is 4. The fourth-order valence-corrected chi connectivity index (χ4v) is 11.5. The van der Waals surface area contributed by atoms with E-state index in [4.69, 9.17) is 19.4 Å². The Bertz CT molecular complexity index is 2470. The molecule has 1 spiro atoms. The highest BCUT2D eigenvalue weighted by Crippen LogP contribution is 2.59. The molecule has 1 saturated heterocycles. The maximum Gasteiger partial charge on any atom is 0.240 e. The van der Waals surface area contributed by atoms with Crippen molar-refractivity contribution < 1.29 is 29.6 Å². The number of aliphatic hydroxyl groups is 3. The summed E-state index contributed by atoms with van der Waals surface area (Å²) in [5.74, 6) is 2.93. The van der Waals surface area contributed by atoms with Crippen molar-refractivity contribution >= 4 is 29.4 Å². The zero-order valence-electron chi connectivity index (χ0n) is 39.2. The maximum absolute atomic E-state index is 13.9. The minimum Gasteiger partial charge on any atom is -0.469 e. The smallest absolute Gasteiger partial charge is 0.240 e. The molecule has 9 rings (SSSR count). The first kappa shape index (κ1) is 46.8. The molecule has 2 aliphatic carbocycles. The number of ether oxygens (including phenoxy) is 2. The Kier molecular flexibility index (Phi) is 13.8. The lowest BCUT2D eigenvalue weighted by atomic mass is 9.78. The minimum atomic E-state index is -1.27. The normalized spacial score (nSPS) is 21.8. The van der Waals surface area contributed by atoms with E-state index >= 15 is 0 Å². The van der Waals surface area contributed by atoms with Crippen LogP contribution >= 0.6 is 12.6 Å². The molecule has 356 valence electrons. The van der Waals surface area contributed by atoms with Gasteiger partial charge >= 0.3 is 0 Å². The van der Waals surface area contributed by atoms with Crippen LogP contribution in [0.15, 0.2) is 54.9 Å². The van der Waals surface area contributed by atoms with Gasteiger partial charge in [0.2, 0.25) is 12.3 Å². The second-order valence-corrected chi connectivity index (χ2v) is 20.2. The summed E-state index contributed by atoms with van der Waals surface area (Å²) in [6.07, 6.45) is 10.9. The molecule has 1 amide bonds. The molecular weight excluding hydrogens is 855 g/mol. The molecule has 66 heavy (non-hydrogen) atoms. The van der Waals surface area contributed by atoms with E-state index in [2.05, 4.69) is 99.0 Å². The summed E-state index contributed by atoms with van der Waals surface area (Å²) in [6.45, 7) is 10.9. The standard InChI is InChI=1S/C50H69N9O6S/c1-7-57(47(62)43(29(4)5)56-49(63)64-6)40(26-66)45-52-24-35(55-45)31-11-13-37-33(21-31)22-39-34-12-10-32(23-41(34)65-48(59(37)39)30-14-16-50(17-15-30)18-19-50)36-25-51-44(54-36)38-9-8-20-58(38)46(61)42(28(2)3)53-27-60/h10-13,21-25,28-30,38,40,42-43,46,48-49,53,56,60-61,63,66H,7-9,14-20,26-27H2,1-6H3,(H,51,54)(H,52,55). The van der Waals surface area contributed by atoms with Crippen LogP contribution in [-0.2, 0) is 9.53 Å². The van der Waals surface area contributed by atoms with Gasteiger partial charge in [0.25, 0.3) is 0 Å². The van der Waals surface area contributed by atoms with Crippen molar-refractivity contribution in [2.75, 3.05) is 32.7 Å². The molecule has 2 saturated carbocycles. The number of imidazole rings is 2. The number of rotatable bonds is 18. The number of hydrogen-bond donors (Lipinski definition) is 8. The third-order valence-corrected chi connectivity index (χ3v) is 15.5. The summed E-state index contributed by atoms with van der Waals surface area (Å²) in [5, 5.41) is 38.4. The molecule has 15 nitrogen and oxygen atoms in total. The van der Waals surface area contributed by atoms with Crippen molar-refractivity contribution in [3.05, 3.63) is 66.5 Å². The van der Waals surface area contributed by atoms with Gasteiger partial charge in [-0.2, -0.15) is 12.6 Å². The predicted molar refractivity (Wildman–Crippen MR) is 258 cm³/mol. The average Bonchev–Trinajstić information content (AvgIpc) is 3.88. The molecule has 7 unspecified atom stereocenters. The van der Waals surface area contributed by atoms with Gasteiger partial charge in [0.15, 0.2) is 6.23 Å². The topological polar surface area (TPSA) is 189 Å². The molecule has 7 N–H and O–H groups in total. The Balaban J connectivity index is 1.01. The SMILES string of the molecule is CCN(C(=O)C(NC(O)OC)C(C)C)C(CS)c1ncc(-c2ccc3c(c2)cc2n3C(C3CCC4(CC3)CC4)Oc3cc(-c4cnc(C5CCCN5C(O)C(NCO)C(C)C)[nH]4)ccc3-2)[nH]1. The third-order valence-electron chi connectivity index (χ3n) is 15.1. The van der Waals surface area contributed by atoms with Crippen LogP contribution in [0.4, 0.5) is 0 Å². The number of aromatic nitrogens is 5. The quantitative estimate of drug-likeness (QED) is 0.0325. The number of aliphatic hydroxyl groups excluding tert-OH is 3. The molecule has 5 heterocycles. The van der Waals surface area contributed by atoms with Gasteiger partial charge in [0, 0.05) is 53.9 Å². The second-order valence-electron chi connectivity index (χ2n) is 19.8. The maximum atomic E-state index is 13.9. The van der Waals surface area contributed by atoms with Gasteiger partial charge in [-0.05, 0) is 106 Å². The first-order chi connectivity index (χ1) is 31.9. The van der Waals surface area contributed by atoms with Crippen molar-refractivity contribution in [1.82, 2.24) is 44.9 Å². The highest BCUT2D eigenvalue weighted by atomic mass is 32.1. The van der Waals surface area contributed by atoms with Crippen LogP contribution in [-0.4, -0.2) is 113 Å². The van der Waals surface area contributed by atoms with Crippen LogP contribution < -0.4 is 15.4 Å². The third kappa shape index (κ3) is 8.95. The molecule has 2 aliphatic heterocycles. The molecule has 4 aliphatic rings. The van der Waals surface area contributed by atoms with E-state index in [1.165, 1.54) is 32.8 Å². The number of amides is 1. The van der Waals surface area contributed by atoms with Gasteiger partial charge in [-0.1, -0.05) is 39.8 Å². The largest absolute Gasteiger partial charge is 0.469 e. The number of thiol groups is 1. The lowest BCUT2D eigenvalue weighted by Crippen LogP contribution is -2.54. The van der Waals surface area contributed by atoms with Gasteiger partial charge in [-0.15, -0.1) is 0 Å². The molecule has 2 aromatic carbocycles. The molecule has 16 heteroatoms. The highest BCUT2D eigenvalue weighted by molar-refractivity contribution is 7.80. The number of aromatic amines is 2. The fraction of sp³-hybridized carbons (Fsp3) is 0.580. The average molecular weight is 924 g/mol. The Morgan fingerprint density at radius 2 is 1.71 bits per heavy atom. The number of benzene rings is 2. The second kappa shape index (κ2) is 19.4. The number of fused-ring (bicyclic) bond motifs is 5. The Morgan fingerprint density at radius 3 is 2.39 bits per heavy atom. The van der Waals surface area contributed by atoms with Crippen LogP contribution in [0, 0.1) is 23.2 Å². The van der Waals surface area contributed by atoms with Gasteiger partial charge in [-0.3, -0.25) is 20.3 Å². The molecule has 0 bridgehead atoms. The van der Waals surface area contributed by atoms with Crippen molar-refractivity contribution in [3.63, 3.8) is 0 Å².